The molecule has 1 fully saturated rings. The predicted molar refractivity (Wildman–Crippen MR) is 59.0 cm³/mol. The Kier molecular flexibility index (Phi) is 1.75. The van der Waals surface area contributed by atoms with Crippen LogP contribution in [0.4, 0.5) is 5.69 Å². The van der Waals surface area contributed by atoms with Gasteiger partial charge in [0.2, 0.25) is 5.91 Å². The molecule has 15 heavy (non-hydrogen) atoms. The fourth-order valence-corrected chi connectivity index (χ4v) is 2.51. The highest BCUT2D eigenvalue weighted by atomic mass is 16.2. The van der Waals surface area contributed by atoms with Gasteiger partial charge in [0.1, 0.15) is 0 Å². The standard InChI is InChI=1S/C12H14N2O/c1-8-2-3-9-5-10-6-13-12(15)7-14(10)11(9)4-8/h2-4,10H,5-7H2,1H3,(H,13,15). The van der Waals surface area contributed by atoms with Crippen molar-refractivity contribution in [1.29, 1.82) is 0 Å². The zero-order chi connectivity index (χ0) is 10.4. The van der Waals surface area contributed by atoms with E-state index in [9.17, 15) is 4.79 Å². The van der Waals surface area contributed by atoms with E-state index in [1.54, 1.807) is 0 Å². The molecule has 1 amide bonds. The molecule has 3 nitrogen and oxygen atoms in total. The summed E-state index contributed by atoms with van der Waals surface area (Å²) in [6.07, 6.45) is 1.07. The zero-order valence-corrected chi connectivity index (χ0v) is 8.79. The van der Waals surface area contributed by atoms with Crippen molar-refractivity contribution >= 4 is 11.6 Å². The molecule has 0 saturated carbocycles. The number of carbonyl (C=O) groups is 1. The lowest BCUT2D eigenvalue weighted by molar-refractivity contribution is -0.120. The molecular formula is C12H14N2O. The van der Waals surface area contributed by atoms with Gasteiger partial charge in [0.15, 0.2) is 0 Å². The third-order valence-corrected chi connectivity index (χ3v) is 3.30. The molecule has 0 aromatic heterocycles. The third-order valence-electron chi connectivity index (χ3n) is 3.30. The molecule has 0 bridgehead atoms. The van der Waals surface area contributed by atoms with Gasteiger partial charge in [-0.05, 0) is 30.5 Å². The maximum absolute atomic E-state index is 11.3. The van der Waals surface area contributed by atoms with E-state index in [2.05, 4.69) is 35.3 Å². The van der Waals surface area contributed by atoms with Gasteiger partial charge in [0, 0.05) is 12.2 Å². The molecule has 2 heterocycles. The summed E-state index contributed by atoms with van der Waals surface area (Å²) in [6.45, 7) is 3.39. The molecule has 1 aromatic rings. The Labute approximate surface area is 89.1 Å². The molecule has 0 spiro atoms. The van der Waals surface area contributed by atoms with E-state index in [4.69, 9.17) is 0 Å². The van der Waals surface area contributed by atoms with Crippen LogP contribution in [0.5, 0.6) is 0 Å². The average molecular weight is 202 g/mol. The van der Waals surface area contributed by atoms with E-state index in [0.717, 1.165) is 13.0 Å². The minimum absolute atomic E-state index is 0.139. The second-order valence-corrected chi connectivity index (χ2v) is 4.42. The van der Waals surface area contributed by atoms with E-state index < -0.39 is 0 Å². The van der Waals surface area contributed by atoms with Gasteiger partial charge in [-0.2, -0.15) is 0 Å². The number of anilines is 1. The maximum Gasteiger partial charge on any atom is 0.239 e. The highest BCUT2D eigenvalue weighted by Crippen LogP contribution is 2.33. The van der Waals surface area contributed by atoms with Gasteiger partial charge in [0.05, 0.1) is 12.6 Å². The molecule has 78 valence electrons. The number of benzene rings is 1. The van der Waals surface area contributed by atoms with Crippen molar-refractivity contribution in [3.05, 3.63) is 29.3 Å². The topological polar surface area (TPSA) is 32.3 Å². The molecule has 1 aromatic carbocycles. The number of hydrogen-bond acceptors (Lipinski definition) is 2. The Hall–Kier alpha value is -1.51. The van der Waals surface area contributed by atoms with E-state index in [1.165, 1.54) is 16.8 Å². The molecule has 1 saturated heterocycles. The van der Waals surface area contributed by atoms with Crippen LogP contribution in [0.1, 0.15) is 11.1 Å². The first-order chi connectivity index (χ1) is 7.24. The van der Waals surface area contributed by atoms with Crippen LogP contribution in [-0.4, -0.2) is 25.0 Å². The largest absolute Gasteiger partial charge is 0.357 e. The van der Waals surface area contributed by atoms with Crippen molar-refractivity contribution in [3.63, 3.8) is 0 Å². The molecule has 3 heteroatoms. The van der Waals surface area contributed by atoms with Crippen LogP contribution in [0.15, 0.2) is 18.2 Å². The van der Waals surface area contributed by atoms with E-state index in [-0.39, 0.29) is 5.91 Å². The van der Waals surface area contributed by atoms with Crippen LogP contribution in [-0.2, 0) is 11.2 Å². The van der Waals surface area contributed by atoms with E-state index in [1.807, 2.05) is 0 Å². The van der Waals surface area contributed by atoms with Crippen molar-refractivity contribution in [3.8, 4) is 0 Å². The molecule has 0 aliphatic carbocycles. The first-order valence-electron chi connectivity index (χ1n) is 5.37. The normalized spacial score (nSPS) is 23.4. The smallest absolute Gasteiger partial charge is 0.239 e. The van der Waals surface area contributed by atoms with Crippen LogP contribution < -0.4 is 10.2 Å². The van der Waals surface area contributed by atoms with Crippen LogP contribution in [0.3, 0.4) is 0 Å². The predicted octanol–water partition coefficient (Wildman–Crippen LogP) is 0.856. The van der Waals surface area contributed by atoms with Crippen LogP contribution in [0.2, 0.25) is 0 Å². The van der Waals surface area contributed by atoms with Gasteiger partial charge >= 0.3 is 0 Å². The third kappa shape index (κ3) is 1.30. The highest BCUT2D eigenvalue weighted by Gasteiger charge is 2.33. The number of piperazine rings is 1. The Morgan fingerprint density at radius 3 is 3.20 bits per heavy atom. The zero-order valence-electron chi connectivity index (χ0n) is 8.79. The molecule has 2 aliphatic heterocycles. The number of amides is 1. The quantitative estimate of drug-likeness (QED) is 0.676. The lowest BCUT2D eigenvalue weighted by Crippen LogP contribution is -2.52. The van der Waals surface area contributed by atoms with Crippen molar-refractivity contribution in [2.45, 2.75) is 19.4 Å². The van der Waals surface area contributed by atoms with Crippen LogP contribution in [0, 0.1) is 6.92 Å². The summed E-state index contributed by atoms with van der Waals surface area (Å²) in [6, 6.07) is 6.99. The summed E-state index contributed by atoms with van der Waals surface area (Å²) in [4.78, 5) is 13.6. The lowest BCUT2D eigenvalue weighted by atomic mass is 10.1. The van der Waals surface area contributed by atoms with Gasteiger partial charge in [-0.1, -0.05) is 12.1 Å². The molecular weight excluding hydrogens is 188 g/mol. The number of carbonyl (C=O) groups excluding carboxylic acids is 1. The molecule has 2 aliphatic rings. The number of fused-ring (bicyclic) bond motifs is 3. The minimum atomic E-state index is 0.139. The summed E-state index contributed by atoms with van der Waals surface area (Å²) in [5.74, 6) is 0.139. The SMILES string of the molecule is Cc1ccc2c(c1)N1CC(=O)NCC1C2. The van der Waals surface area contributed by atoms with Gasteiger partial charge in [0.25, 0.3) is 0 Å². The number of nitrogens with one attached hydrogen (secondary N) is 1. The van der Waals surface area contributed by atoms with Crippen molar-refractivity contribution in [2.24, 2.45) is 0 Å². The lowest BCUT2D eigenvalue weighted by Gasteiger charge is -2.31. The maximum atomic E-state index is 11.3. The Bertz CT molecular complexity index is 428. The van der Waals surface area contributed by atoms with Crippen molar-refractivity contribution in [2.75, 3.05) is 18.0 Å². The Morgan fingerprint density at radius 2 is 2.33 bits per heavy atom. The average Bonchev–Trinajstić information content (AvgIpc) is 2.56. The molecule has 1 atom stereocenters. The van der Waals surface area contributed by atoms with Gasteiger partial charge in [-0.15, -0.1) is 0 Å². The van der Waals surface area contributed by atoms with Crippen LogP contribution in [0.25, 0.3) is 0 Å². The summed E-state index contributed by atoms with van der Waals surface area (Å²) in [5, 5.41) is 2.92. The summed E-state index contributed by atoms with van der Waals surface area (Å²) < 4.78 is 0. The van der Waals surface area contributed by atoms with E-state index in [0.29, 0.717) is 12.6 Å². The van der Waals surface area contributed by atoms with Gasteiger partial charge < -0.3 is 10.2 Å². The summed E-state index contributed by atoms with van der Waals surface area (Å²) >= 11 is 0. The number of hydrogen-bond donors (Lipinski definition) is 1. The van der Waals surface area contributed by atoms with Crippen molar-refractivity contribution < 1.29 is 4.79 Å². The summed E-state index contributed by atoms with van der Waals surface area (Å²) in [7, 11) is 0. The molecule has 1 unspecified atom stereocenters. The van der Waals surface area contributed by atoms with Gasteiger partial charge in [-0.25, -0.2) is 0 Å². The Morgan fingerprint density at radius 1 is 1.47 bits per heavy atom. The number of rotatable bonds is 0. The fourth-order valence-electron chi connectivity index (χ4n) is 2.51. The molecule has 0 radical (unpaired) electrons. The first-order valence-corrected chi connectivity index (χ1v) is 5.37. The highest BCUT2D eigenvalue weighted by molar-refractivity contribution is 5.84. The number of nitrogens with zero attached hydrogens (tertiary/aromatic N) is 1. The molecule has 3 rings (SSSR count). The first kappa shape index (κ1) is 8.77. The minimum Gasteiger partial charge on any atom is -0.357 e. The fraction of sp³-hybridized carbons (Fsp3) is 0.417. The van der Waals surface area contributed by atoms with Crippen LogP contribution >= 0.6 is 0 Å². The second-order valence-electron chi connectivity index (χ2n) is 4.42. The summed E-state index contributed by atoms with van der Waals surface area (Å²) in [5.41, 5.74) is 3.90. The van der Waals surface area contributed by atoms with Crippen molar-refractivity contribution in [1.82, 2.24) is 5.32 Å². The monoisotopic (exact) mass is 202 g/mol. The number of aryl methyl sites for hydroxylation is 1. The van der Waals surface area contributed by atoms with Gasteiger partial charge in [-0.3, -0.25) is 4.79 Å². The second kappa shape index (κ2) is 2.99. The molecule has 1 N–H and O–H groups in total. The Balaban J connectivity index is 2.02. The van der Waals surface area contributed by atoms with E-state index >= 15 is 0 Å².